The lowest BCUT2D eigenvalue weighted by Gasteiger charge is -2.03. The number of nitrogens with zero attached hydrogens (tertiary/aromatic N) is 2. The van der Waals surface area contributed by atoms with Crippen molar-refractivity contribution >= 4 is 27.9 Å². The Bertz CT molecular complexity index is 809. The Labute approximate surface area is 133 Å². The summed E-state index contributed by atoms with van der Waals surface area (Å²) in [6, 6.07) is 15.4. The van der Waals surface area contributed by atoms with Crippen LogP contribution < -0.4 is 4.74 Å². The number of hydrogen-bond acceptors (Lipinski definition) is 4. The van der Waals surface area contributed by atoms with Gasteiger partial charge in [0.15, 0.2) is 5.16 Å². The lowest BCUT2D eigenvalue weighted by molar-refractivity contribution is -0.110. The highest BCUT2D eigenvalue weighted by Gasteiger charge is 2.13. The fourth-order valence-corrected chi connectivity index (χ4v) is 3.08. The van der Waals surface area contributed by atoms with Crippen LogP contribution in [0, 0.1) is 0 Å². The number of thioether (sulfide) groups is 1. The molecule has 2 aromatic carbocycles. The number of hydrogen-bond donors (Lipinski definition) is 0. The molecule has 0 spiro atoms. The first-order valence-electron chi connectivity index (χ1n) is 6.92. The average Bonchev–Trinajstić information content (AvgIpc) is 2.84. The summed E-state index contributed by atoms with van der Waals surface area (Å²) in [5.41, 5.74) is 2.91. The van der Waals surface area contributed by atoms with Crippen LogP contribution in [0.5, 0.6) is 5.75 Å². The SMILES string of the molecule is COc1ccc(CC(=O)Sc2nc3ccccc3n2C)cc1. The molecule has 5 heteroatoms. The number of imidazole rings is 1. The molecule has 0 unspecified atom stereocenters. The molecular formula is C17H16N2O2S. The van der Waals surface area contributed by atoms with E-state index in [2.05, 4.69) is 4.98 Å². The van der Waals surface area contributed by atoms with Crippen LogP contribution in [-0.4, -0.2) is 21.8 Å². The zero-order valence-electron chi connectivity index (χ0n) is 12.4. The summed E-state index contributed by atoms with van der Waals surface area (Å²) in [6.07, 6.45) is 0.373. The highest BCUT2D eigenvalue weighted by Crippen LogP contribution is 2.24. The van der Waals surface area contributed by atoms with Crippen molar-refractivity contribution in [1.82, 2.24) is 9.55 Å². The molecule has 112 valence electrons. The molecule has 3 aromatic rings. The Morgan fingerprint density at radius 3 is 2.59 bits per heavy atom. The van der Waals surface area contributed by atoms with Crippen LogP contribution in [0.2, 0.25) is 0 Å². The van der Waals surface area contributed by atoms with Gasteiger partial charge in [-0.05, 0) is 41.6 Å². The molecule has 0 radical (unpaired) electrons. The van der Waals surface area contributed by atoms with E-state index in [4.69, 9.17) is 4.74 Å². The molecule has 0 saturated heterocycles. The second-order valence-corrected chi connectivity index (χ2v) is 5.97. The van der Waals surface area contributed by atoms with E-state index in [1.165, 1.54) is 11.8 Å². The van der Waals surface area contributed by atoms with Crippen LogP contribution in [0.15, 0.2) is 53.7 Å². The molecule has 22 heavy (non-hydrogen) atoms. The van der Waals surface area contributed by atoms with E-state index in [-0.39, 0.29) is 5.12 Å². The van der Waals surface area contributed by atoms with Crippen LogP contribution >= 0.6 is 11.8 Å². The van der Waals surface area contributed by atoms with E-state index in [0.29, 0.717) is 6.42 Å². The van der Waals surface area contributed by atoms with Crippen molar-refractivity contribution in [3.8, 4) is 5.75 Å². The van der Waals surface area contributed by atoms with E-state index in [1.807, 2.05) is 60.1 Å². The monoisotopic (exact) mass is 312 g/mol. The van der Waals surface area contributed by atoms with Crippen molar-refractivity contribution in [3.63, 3.8) is 0 Å². The minimum absolute atomic E-state index is 0.0728. The summed E-state index contributed by atoms with van der Waals surface area (Å²) in [7, 11) is 3.56. The van der Waals surface area contributed by atoms with Crippen LogP contribution in [0.3, 0.4) is 0 Å². The molecule has 0 amide bonds. The molecule has 0 N–H and O–H groups in total. The third-order valence-electron chi connectivity index (χ3n) is 3.46. The number of rotatable bonds is 4. The number of methoxy groups -OCH3 is 1. The van der Waals surface area contributed by atoms with Crippen molar-refractivity contribution in [2.75, 3.05) is 7.11 Å². The van der Waals surface area contributed by atoms with Crippen molar-refractivity contribution in [2.24, 2.45) is 7.05 Å². The molecule has 0 fully saturated rings. The topological polar surface area (TPSA) is 44.1 Å². The fourth-order valence-electron chi connectivity index (χ4n) is 2.26. The molecule has 0 saturated carbocycles. The van der Waals surface area contributed by atoms with Gasteiger partial charge in [0.1, 0.15) is 5.75 Å². The van der Waals surface area contributed by atoms with E-state index >= 15 is 0 Å². The molecule has 1 heterocycles. The summed E-state index contributed by atoms with van der Waals surface area (Å²) in [4.78, 5) is 16.8. The Morgan fingerprint density at radius 1 is 1.18 bits per heavy atom. The third kappa shape index (κ3) is 2.99. The quantitative estimate of drug-likeness (QED) is 0.692. The summed E-state index contributed by atoms with van der Waals surface area (Å²) < 4.78 is 7.07. The lowest BCUT2D eigenvalue weighted by atomic mass is 10.2. The van der Waals surface area contributed by atoms with Crippen molar-refractivity contribution in [3.05, 3.63) is 54.1 Å². The minimum atomic E-state index is 0.0728. The van der Waals surface area contributed by atoms with Gasteiger partial charge in [0.2, 0.25) is 5.12 Å². The van der Waals surface area contributed by atoms with Crippen LogP contribution in [0.1, 0.15) is 5.56 Å². The first-order valence-corrected chi connectivity index (χ1v) is 7.74. The Kier molecular flexibility index (Phi) is 4.15. The van der Waals surface area contributed by atoms with Crippen LogP contribution in [0.4, 0.5) is 0 Å². The van der Waals surface area contributed by atoms with Gasteiger partial charge >= 0.3 is 0 Å². The number of para-hydroxylation sites is 2. The minimum Gasteiger partial charge on any atom is -0.497 e. The molecule has 0 aliphatic rings. The van der Waals surface area contributed by atoms with Gasteiger partial charge in [-0.1, -0.05) is 24.3 Å². The Balaban J connectivity index is 1.73. The number of aromatic nitrogens is 2. The third-order valence-corrected chi connectivity index (χ3v) is 4.38. The molecule has 0 atom stereocenters. The number of fused-ring (bicyclic) bond motifs is 1. The molecule has 0 aliphatic carbocycles. The predicted molar refractivity (Wildman–Crippen MR) is 88.3 cm³/mol. The van der Waals surface area contributed by atoms with Gasteiger partial charge in [0.25, 0.3) is 0 Å². The zero-order chi connectivity index (χ0) is 15.5. The van der Waals surface area contributed by atoms with Gasteiger partial charge in [-0.25, -0.2) is 4.98 Å². The fraction of sp³-hybridized carbons (Fsp3) is 0.176. The Hall–Kier alpha value is -2.27. The number of carbonyl (C=O) groups is 1. The van der Waals surface area contributed by atoms with E-state index in [1.54, 1.807) is 7.11 Å². The van der Waals surface area contributed by atoms with Crippen molar-refractivity contribution in [1.29, 1.82) is 0 Å². The molecule has 0 bridgehead atoms. The maximum Gasteiger partial charge on any atom is 0.200 e. The summed E-state index contributed by atoms with van der Waals surface area (Å²) >= 11 is 1.18. The van der Waals surface area contributed by atoms with Crippen LogP contribution in [0.25, 0.3) is 11.0 Å². The van der Waals surface area contributed by atoms with Gasteiger partial charge in [-0.2, -0.15) is 0 Å². The molecule has 1 aromatic heterocycles. The second kappa shape index (κ2) is 6.23. The smallest absolute Gasteiger partial charge is 0.200 e. The molecular weight excluding hydrogens is 296 g/mol. The van der Waals surface area contributed by atoms with E-state index < -0.39 is 0 Å². The number of benzene rings is 2. The Morgan fingerprint density at radius 2 is 1.91 bits per heavy atom. The van der Waals surface area contributed by atoms with Crippen molar-refractivity contribution in [2.45, 2.75) is 11.6 Å². The number of aryl methyl sites for hydroxylation is 1. The summed E-state index contributed by atoms with van der Waals surface area (Å²) in [5.74, 6) is 0.791. The molecule has 3 rings (SSSR count). The van der Waals surface area contributed by atoms with Gasteiger partial charge in [-0.3, -0.25) is 4.79 Å². The number of carbonyl (C=O) groups excluding carboxylic acids is 1. The van der Waals surface area contributed by atoms with Gasteiger partial charge in [0.05, 0.1) is 18.1 Å². The van der Waals surface area contributed by atoms with E-state index in [9.17, 15) is 4.79 Å². The maximum atomic E-state index is 12.2. The van der Waals surface area contributed by atoms with Gasteiger partial charge in [0, 0.05) is 13.5 Å². The van der Waals surface area contributed by atoms with Gasteiger partial charge < -0.3 is 9.30 Å². The summed E-state index contributed by atoms with van der Waals surface area (Å²) in [6.45, 7) is 0. The van der Waals surface area contributed by atoms with Gasteiger partial charge in [-0.15, -0.1) is 0 Å². The van der Waals surface area contributed by atoms with Crippen molar-refractivity contribution < 1.29 is 9.53 Å². The standard InChI is InChI=1S/C17H16N2O2S/c1-19-15-6-4-3-5-14(15)18-17(19)22-16(20)11-12-7-9-13(21-2)10-8-12/h3-10H,11H2,1-2H3. The predicted octanol–water partition coefficient (Wildman–Crippen LogP) is 3.44. The highest BCUT2D eigenvalue weighted by molar-refractivity contribution is 8.13. The first-order chi connectivity index (χ1) is 10.7. The average molecular weight is 312 g/mol. The lowest BCUT2D eigenvalue weighted by Crippen LogP contribution is -2.00. The second-order valence-electron chi connectivity index (χ2n) is 4.94. The molecule has 0 aliphatic heterocycles. The molecule has 4 nitrogen and oxygen atoms in total. The first kappa shape index (κ1) is 14.7. The highest BCUT2D eigenvalue weighted by atomic mass is 32.2. The largest absolute Gasteiger partial charge is 0.497 e. The number of ether oxygens (including phenoxy) is 1. The normalized spacial score (nSPS) is 10.8. The zero-order valence-corrected chi connectivity index (χ0v) is 13.3. The van der Waals surface area contributed by atoms with E-state index in [0.717, 1.165) is 27.5 Å². The maximum absolute atomic E-state index is 12.2. The summed E-state index contributed by atoms with van der Waals surface area (Å²) in [5, 5.41) is 0.795. The van der Waals surface area contributed by atoms with Crippen LogP contribution in [-0.2, 0) is 18.3 Å².